The summed E-state index contributed by atoms with van der Waals surface area (Å²) in [4.78, 5) is 2.45. The maximum atomic E-state index is 2.48. The van der Waals surface area contributed by atoms with Gasteiger partial charge >= 0.3 is 0 Å². The first-order valence-corrected chi connectivity index (χ1v) is 17.8. The minimum Gasteiger partial charge on any atom is -0.310 e. The molecule has 2 aliphatic rings. The number of benzene rings is 8. The van der Waals surface area contributed by atoms with E-state index >= 15 is 0 Å². The third-order valence-corrected chi connectivity index (χ3v) is 11.0. The van der Waals surface area contributed by atoms with Crippen molar-refractivity contribution in [2.24, 2.45) is 0 Å². The Kier molecular flexibility index (Phi) is 6.72. The van der Waals surface area contributed by atoms with Gasteiger partial charge in [-0.1, -0.05) is 169 Å². The molecule has 0 saturated heterocycles. The van der Waals surface area contributed by atoms with E-state index in [0.717, 1.165) is 17.1 Å². The minimum atomic E-state index is -0.415. The summed E-state index contributed by atoms with van der Waals surface area (Å²) in [6.45, 7) is 0. The van der Waals surface area contributed by atoms with Crippen molar-refractivity contribution in [1.29, 1.82) is 0 Å². The average Bonchev–Trinajstić information content (AvgIpc) is 3.67. The van der Waals surface area contributed by atoms with Crippen LogP contribution in [-0.2, 0) is 5.41 Å². The van der Waals surface area contributed by atoms with Crippen molar-refractivity contribution in [1.82, 2.24) is 0 Å². The van der Waals surface area contributed by atoms with Crippen LogP contribution in [0.2, 0.25) is 0 Å². The lowest BCUT2D eigenvalue weighted by atomic mass is 9.70. The van der Waals surface area contributed by atoms with Crippen LogP contribution in [0.4, 0.5) is 17.1 Å². The van der Waals surface area contributed by atoms with Gasteiger partial charge in [-0.05, 0) is 91.5 Å². The first-order valence-electron chi connectivity index (χ1n) is 17.8. The van der Waals surface area contributed by atoms with E-state index in [1.165, 1.54) is 72.2 Å². The zero-order chi connectivity index (χ0) is 33.9. The number of para-hydroxylation sites is 1. The number of nitrogens with zero attached hydrogens (tertiary/aromatic N) is 1. The van der Waals surface area contributed by atoms with Crippen molar-refractivity contribution in [3.8, 4) is 44.5 Å². The van der Waals surface area contributed by atoms with E-state index in [1.807, 2.05) is 0 Å². The van der Waals surface area contributed by atoms with Gasteiger partial charge in [0.15, 0.2) is 0 Å². The fourth-order valence-electron chi connectivity index (χ4n) is 8.89. The molecule has 0 bridgehead atoms. The van der Waals surface area contributed by atoms with Crippen LogP contribution in [0, 0.1) is 0 Å². The lowest BCUT2D eigenvalue weighted by Crippen LogP contribution is -2.26. The molecule has 1 atom stereocenters. The van der Waals surface area contributed by atoms with Crippen molar-refractivity contribution in [3.63, 3.8) is 0 Å². The van der Waals surface area contributed by atoms with Gasteiger partial charge in [0.05, 0.1) is 11.1 Å². The summed E-state index contributed by atoms with van der Waals surface area (Å²) in [7, 11) is 2.26. The molecule has 2 aliphatic carbocycles. The Morgan fingerprint density at radius 2 is 0.882 bits per heavy atom. The summed E-state index contributed by atoms with van der Waals surface area (Å²) in [5.41, 5.74) is 19.8. The molecule has 1 spiro atoms. The molecular weight excluding hydrogens is 613 g/mol. The molecule has 8 aromatic rings. The number of hydrogen-bond donors (Lipinski definition) is 0. The average molecular weight is 648 g/mol. The lowest BCUT2D eigenvalue weighted by Gasteiger charge is -2.33. The van der Waals surface area contributed by atoms with Crippen molar-refractivity contribution in [2.45, 2.75) is 5.41 Å². The Morgan fingerprint density at radius 3 is 1.63 bits per heavy atom. The quantitative estimate of drug-likeness (QED) is 0.168. The highest BCUT2D eigenvalue weighted by molar-refractivity contribution is 6.36. The van der Waals surface area contributed by atoms with Gasteiger partial charge in [0.2, 0.25) is 0 Å². The first kappa shape index (κ1) is 29.5. The highest BCUT2D eigenvalue weighted by Gasteiger charge is 2.52. The van der Waals surface area contributed by atoms with Gasteiger partial charge in [0.25, 0.3) is 0 Å². The van der Waals surface area contributed by atoms with Gasteiger partial charge in [-0.3, -0.25) is 0 Å². The molecule has 0 N–H and O–H groups in total. The van der Waals surface area contributed by atoms with Crippen molar-refractivity contribution in [2.75, 3.05) is 4.90 Å². The summed E-state index contributed by atoms with van der Waals surface area (Å²) < 4.78 is 0. The van der Waals surface area contributed by atoms with Crippen molar-refractivity contribution >= 4 is 30.4 Å². The fraction of sp³-hybridized carbons (Fsp3) is 0.0204. The van der Waals surface area contributed by atoms with E-state index in [1.54, 1.807) is 0 Å². The molecule has 0 amide bonds. The predicted molar refractivity (Wildman–Crippen MR) is 216 cm³/mol. The second-order valence-electron chi connectivity index (χ2n) is 13.7. The van der Waals surface area contributed by atoms with Crippen molar-refractivity contribution < 1.29 is 0 Å². The molecule has 1 unspecified atom stereocenters. The van der Waals surface area contributed by atoms with Crippen LogP contribution in [0.1, 0.15) is 22.3 Å². The third-order valence-electron chi connectivity index (χ3n) is 11.0. The van der Waals surface area contributed by atoms with Crippen LogP contribution in [0.3, 0.4) is 0 Å². The normalized spacial score (nSPS) is 14.8. The third kappa shape index (κ3) is 4.36. The summed E-state index contributed by atoms with van der Waals surface area (Å²) in [6, 6.07) is 71.4. The minimum absolute atomic E-state index is 0.415. The highest BCUT2D eigenvalue weighted by Crippen LogP contribution is 2.63. The standard InChI is InChI=1S/C49H34BN/c50-46-24-13-23-44-48(46)41-20-8-11-22-43(41)49(44)42-21-10-7-19-39(42)40-31-30-37(32-45(40)49)51(36-28-26-34(27-29-36)33-14-3-1-4-15-33)47-25-12-9-18-38(47)35-16-5-2-6-17-35/h1-32H,50H2. The molecule has 0 saturated carbocycles. The number of fused-ring (bicyclic) bond motifs is 10. The number of hydrogen-bond acceptors (Lipinski definition) is 1. The summed E-state index contributed by atoms with van der Waals surface area (Å²) in [6.07, 6.45) is 0. The fourth-order valence-corrected chi connectivity index (χ4v) is 8.89. The van der Waals surface area contributed by atoms with E-state index in [2.05, 4.69) is 207 Å². The molecule has 51 heavy (non-hydrogen) atoms. The Morgan fingerprint density at radius 1 is 0.353 bits per heavy atom. The summed E-state index contributed by atoms with van der Waals surface area (Å²) in [5.74, 6) is 0. The van der Waals surface area contributed by atoms with Gasteiger partial charge in [-0.15, -0.1) is 0 Å². The molecule has 8 aromatic carbocycles. The monoisotopic (exact) mass is 647 g/mol. The Hall–Kier alpha value is -6.38. The molecule has 10 rings (SSSR count). The van der Waals surface area contributed by atoms with Gasteiger partial charge in [0.1, 0.15) is 7.85 Å². The molecule has 0 heterocycles. The smallest absolute Gasteiger partial charge is 0.140 e. The topological polar surface area (TPSA) is 3.24 Å². The van der Waals surface area contributed by atoms with Gasteiger partial charge in [0, 0.05) is 16.9 Å². The van der Waals surface area contributed by atoms with Gasteiger partial charge < -0.3 is 4.90 Å². The van der Waals surface area contributed by atoms with Crippen molar-refractivity contribution in [3.05, 3.63) is 216 Å². The zero-order valence-electron chi connectivity index (χ0n) is 28.4. The Labute approximate surface area is 300 Å². The van der Waals surface area contributed by atoms with Gasteiger partial charge in [-0.2, -0.15) is 0 Å². The number of rotatable bonds is 5. The number of anilines is 3. The molecule has 0 aromatic heterocycles. The molecule has 0 radical (unpaired) electrons. The molecule has 2 heteroatoms. The molecule has 238 valence electrons. The Bertz CT molecular complexity index is 2590. The van der Waals surface area contributed by atoms with E-state index in [-0.39, 0.29) is 0 Å². The molecule has 0 fully saturated rings. The maximum Gasteiger partial charge on any atom is 0.140 e. The Balaban J connectivity index is 1.24. The van der Waals surface area contributed by atoms with E-state index in [4.69, 9.17) is 0 Å². The lowest BCUT2D eigenvalue weighted by molar-refractivity contribution is 0.794. The van der Waals surface area contributed by atoms with E-state index in [0.29, 0.717) is 0 Å². The first-order chi connectivity index (χ1) is 25.2. The van der Waals surface area contributed by atoms with E-state index in [9.17, 15) is 0 Å². The predicted octanol–water partition coefficient (Wildman–Crippen LogP) is 11.1. The molecular formula is C49H34BN. The maximum absolute atomic E-state index is 2.48. The SMILES string of the molecule is Bc1cccc2c1-c1ccccc1C21c2ccccc2-c2ccc(N(c3ccc(-c4ccccc4)cc3)c3ccccc3-c3ccccc3)cc21. The van der Waals surface area contributed by atoms with Crippen LogP contribution < -0.4 is 10.4 Å². The molecule has 0 aliphatic heterocycles. The molecule has 1 nitrogen and oxygen atoms in total. The zero-order valence-corrected chi connectivity index (χ0v) is 28.4. The summed E-state index contributed by atoms with van der Waals surface area (Å²) >= 11 is 0. The second kappa shape index (κ2) is 11.6. The van der Waals surface area contributed by atoms with Crippen LogP contribution in [0.5, 0.6) is 0 Å². The van der Waals surface area contributed by atoms with Crippen LogP contribution in [0.15, 0.2) is 194 Å². The highest BCUT2D eigenvalue weighted by atomic mass is 15.1. The largest absolute Gasteiger partial charge is 0.310 e. The van der Waals surface area contributed by atoms with Gasteiger partial charge in [-0.25, -0.2) is 0 Å². The van der Waals surface area contributed by atoms with Crippen LogP contribution in [0.25, 0.3) is 44.5 Å². The summed E-state index contributed by atoms with van der Waals surface area (Å²) in [5, 5.41) is 0. The van der Waals surface area contributed by atoms with E-state index < -0.39 is 5.41 Å². The second-order valence-corrected chi connectivity index (χ2v) is 13.7. The van der Waals surface area contributed by atoms with Crippen LogP contribution in [-0.4, -0.2) is 7.85 Å². The van der Waals surface area contributed by atoms with Crippen LogP contribution >= 0.6 is 0 Å².